The van der Waals surface area contributed by atoms with Crippen molar-refractivity contribution in [2.75, 3.05) is 35.4 Å². The van der Waals surface area contributed by atoms with E-state index in [-0.39, 0.29) is 17.3 Å². The Morgan fingerprint density at radius 3 is 2.20 bits per heavy atom. The number of nitrogens with zero attached hydrogens (tertiary/aromatic N) is 3. The normalized spacial score (nSPS) is 20.0. The lowest BCUT2D eigenvalue weighted by Gasteiger charge is -2.44. The summed E-state index contributed by atoms with van der Waals surface area (Å²) in [5.74, 6) is 1.04. The van der Waals surface area contributed by atoms with Crippen LogP contribution in [0, 0.1) is 11.3 Å². The number of hydrazine groups is 1. The number of hydrogen-bond donors (Lipinski definition) is 1. The van der Waals surface area contributed by atoms with E-state index in [9.17, 15) is 10.1 Å². The van der Waals surface area contributed by atoms with Gasteiger partial charge in [0.1, 0.15) is 11.6 Å². The van der Waals surface area contributed by atoms with Crippen LogP contribution in [0.3, 0.4) is 0 Å². The van der Waals surface area contributed by atoms with Crippen molar-refractivity contribution in [3.05, 3.63) is 76.3 Å². The highest BCUT2D eigenvalue weighted by Crippen LogP contribution is 2.51. The van der Waals surface area contributed by atoms with Crippen LogP contribution in [0.2, 0.25) is 0 Å². The molecule has 0 fully saturated rings. The number of rotatable bonds is 6. The summed E-state index contributed by atoms with van der Waals surface area (Å²) in [4.78, 5) is 13.8. The second-order valence-corrected chi connectivity index (χ2v) is 8.75. The molecule has 0 saturated heterocycles. The van der Waals surface area contributed by atoms with Gasteiger partial charge < -0.3 is 19.9 Å². The maximum Gasteiger partial charge on any atom is 0.164 e. The number of hydrogen-bond acceptors (Lipinski definition) is 8. The van der Waals surface area contributed by atoms with Gasteiger partial charge in [0.2, 0.25) is 0 Å². The van der Waals surface area contributed by atoms with Crippen LogP contribution in [-0.2, 0) is 4.79 Å². The highest BCUT2D eigenvalue weighted by Gasteiger charge is 2.44. The third-order valence-electron chi connectivity index (χ3n) is 6.66. The summed E-state index contributed by atoms with van der Waals surface area (Å²) in [5.41, 5.74) is 9.97. The van der Waals surface area contributed by atoms with Gasteiger partial charge in [-0.15, -0.1) is 0 Å². The predicted molar refractivity (Wildman–Crippen MR) is 132 cm³/mol. The van der Waals surface area contributed by atoms with Crippen LogP contribution < -0.4 is 19.9 Å². The first-order valence-corrected chi connectivity index (χ1v) is 11.3. The Balaban J connectivity index is 1.96. The molecule has 0 saturated carbocycles. The van der Waals surface area contributed by atoms with Crippen LogP contribution >= 0.6 is 0 Å². The number of nitriles is 1. The first-order chi connectivity index (χ1) is 16.9. The van der Waals surface area contributed by atoms with Crippen LogP contribution in [0.25, 0.3) is 0 Å². The van der Waals surface area contributed by atoms with E-state index in [2.05, 4.69) is 6.07 Å². The molecular weight excluding hydrogens is 444 g/mol. The van der Waals surface area contributed by atoms with Gasteiger partial charge >= 0.3 is 0 Å². The minimum absolute atomic E-state index is 0.00860. The Bertz CT molecular complexity index is 1240. The molecule has 1 aliphatic heterocycles. The number of benzene rings is 2. The first-order valence-electron chi connectivity index (χ1n) is 11.3. The van der Waals surface area contributed by atoms with Gasteiger partial charge in [-0.3, -0.25) is 9.80 Å². The van der Waals surface area contributed by atoms with E-state index in [0.29, 0.717) is 47.0 Å². The lowest BCUT2D eigenvalue weighted by atomic mass is 9.72. The van der Waals surface area contributed by atoms with E-state index in [1.807, 2.05) is 49.4 Å². The van der Waals surface area contributed by atoms with Gasteiger partial charge in [0.05, 0.1) is 38.9 Å². The number of carbonyl (C=O) groups excluding carboxylic acids is 1. The van der Waals surface area contributed by atoms with Gasteiger partial charge in [-0.2, -0.15) is 5.26 Å². The van der Waals surface area contributed by atoms with E-state index >= 15 is 0 Å². The highest BCUT2D eigenvalue weighted by molar-refractivity contribution is 6.00. The summed E-state index contributed by atoms with van der Waals surface area (Å²) >= 11 is 0. The fourth-order valence-corrected chi connectivity index (χ4v) is 5.12. The molecule has 182 valence electrons. The zero-order valence-corrected chi connectivity index (χ0v) is 20.7. The van der Waals surface area contributed by atoms with Crippen LogP contribution in [0.5, 0.6) is 17.2 Å². The molecule has 2 aromatic carbocycles. The molecule has 8 heteroatoms. The highest BCUT2D eigenvalue weighted by atomic mass is 16.5. The molecule has 2 N–H and O–H groups in total. The molecule has 1 heterocycles. The molecule has 2 atom stereocenters. The molecule has 2 aromatic rings. The van der Waals surface area contributed by atoms with Crippen LogP contribution in [-0.4, -0.2) is 51.2 Å². The smallest absolute Gasteiger partial charge is 0.164 e. The third-order valence-corrected chi connectivity index (χ3v) is 6.66. The fraction of sp³-hybridized carbons (Fsp3) is 0.333. The Labute approximate surface area is 205 Å². The number of carbonyl (C=O) groups is 1. The molecule has 4 rings (SSSR count). The largest absolute Gasteiger partial charge is 0.496 e. The molecular formula is C27H30N4O4. The summed E-state index contributed by atoms with van der Waals surface area (Å²) in [7, 11) is 8.32. The van der Waals surface area contributed by atoms with Crippen molar-refractivity contribution in [1.29, 1.82) is 5.26 Å². The number of ketones is 1. The molecule has 0 bridgehead atoms. The van der Waals surface area contributed by atoms with Gasteiger partial charge in [-0.05, 0) is 24.0 Å². The van der Waals surface area contributed by atoms with Crippen molar-refractivity contribution in [1.82, 2.24) is 10.0 Å². The number of Topliss-reactive ketones (excluding diaryl/α,β-unsaturated/α-hetero) is 1. The van der Waals surface area contributed by atoms with Crippen molar-refractivity contribution in [3.8, 4) is 23.3 Å². The molecule has 0 amide bonds. The van der Waals surface area contributed by atoms with Crippen molar-refractivity contribution >= 4 is 5.78 Å². The molecule has 35 heavy (non-hydrogen) atoms. The quantitative estimate of drug-likeness (QED) is 0.677. The lowest BCUT2D eigenvalue weighted by Crippen LogP contribution is -2.46. The summed E-state index contributed by atoms with van der Waals surface area (Å²) < 4.78 is 16.6. The molecule has 0 aromatic heterocycles. The van der Waals surface area contributed by atoms with E-state index in [1.54, 1.807) is 38.5 Å². The maximum atomic E-state index is 13.8. The van der Waals surface area contributed by atoms with Gasteiger partial charge in [0.25, 0.3) is 0 Å². The molecule has 8 nitrogen and oxygen atoms in total. The fourth-order valence-electron chi connectivity index (χ4n) is 5.12. The standard InChI is InChI=1S/C27H30N4O4/c1-30(2)31-20-11-17(16-9-7-6-8-10-16)12-21(32)26(20)25(19(15-28)27(31)29)18-13-23(34-4)24(35-5)14-22(18)33-3/h6-10,13-14,17,25H,11-12,29H2,1-5H3/t17-,25+/m0/s1. The lowest BCUT2D eigenvalue weighted by molar-refractivity contribution is -0.117. The molecule has 0 unspecified atom stereocenters. The van der Waals surface area contributed by atoms with Gasteiger partial charge in [0.15, 0.2) is 17.3 Å². The Kier molecular flexibility index (Phi) is 6.72. The Hall–Kier alpha value is -3.96. The van der Waals surface area contributed by atoms with Crippen LogP contribution in [0.1, 0.15) is 35.8 Å². The summed E-state index contributed by atoms with van der Waals surface area (Å²) in [6.07, 6.45) is 0.948. The number of allylic oxidation sites excluding steroid dienone is 3. The molecule has 0 radical (unpaired) electrons. The zero-order chi connectivity index (χ0) is 25.3. The van der Waals surface area contributed by atoms with Crippen LogP contribution in [0.4, 0.5) is 0 Å². The first kappa shape index (κ1) is 24.2. The minimum atomic E-state index is -0.690. The third kappa shape index (κ3) is 4.08. The summed E-state index contributed by atoms with van der Waals surface area (Å²) in [6.45, 7) is 0. The minimum Gasteiger partial charge on any atom is -0.496 e. The average Bonchev–Trinajstić information content (AvgIpc) is 2.87. The summed E-state index contributed by atoms with van der Waals surface area (Å²) in [5, 5.41) is 13.8. The Morgan fingerprint density at radius 2 is 1.63 bits per heavy atom. The molecule has 2 aliphatic rings. The van der Waals surface area contributed by atoms with E-state index in [4.69, 9.17) is 19.9 Å². The maximum absolute atomic E-state index is 13.8. The number of methoxy groups -OCH3 is 3. The molecule has 1 aliphatic carbocycles. The second-order valence-electron chi connectivity index (χ2n) is 8.75. The van der Waals surface area contributed by atoms with E-state index < -0.39 is 5.92 Å². The number of ether oxygens (including phenoxy) is 3. The monoisotopic (exact) mass is 474 g/mol. The van der Waals surface area contributed by atoms with Crippen molar-refractivity contribution in [3.63, 3.8) is 0 Å². The van der Waals surface area contributed by atoms with E-state index in [0.717, 1.165) is 11.3 Å². The van der Waals surface area contributed by atoms with Crippen molar-refractivity contribution < 1.29 is 19.0 Å². The summed E-state index contributed by atoms with van der Waals surface area (Å²) in [6, 6.07) is 15.8. The topological polar surface area (TPSA) is 101 Å². The predicted octanol–water partition coefficient (Wildman–Crippen LogP) is 3.68. The SMILES string of the molecule is COc1cc(OC)c([C@@H]2C(C#N)=C(N)N(N(C)C)C3=C2C(=O)C[C@@H](c2ccccc2)C3)cc1OC. The number of nitrogens with two attached hydrogens (primary N) is 1. The average molecular weight is 475 g/mol. The zero-order valence-electron chi connectivity index (χ0n) is 20.7. The van der Waals surface area contributed by atoms with Gasteiger partial charge in [-0.25, -0.2) is 5.01 Å². The van der Waals surface area contributed by atoms with Crippen molar-refractivity contribution in [2.24, 2.45) is 5.73 Å². The van der Waals surface area contributed by atoms with Crippen LogP contribution in [0.15, 0.2) is 65.1 Å². The second kappa shape index (κ2) is 9.72. The van der Waals surface area contributed by atoms with E-state index in [1.165, 1.54) is 0 Å². The van der Waals surface area contributed by atoms with Gasteiger partial charge in [0, 0.05) is 43.4 Å². The molecule has 0 spiro atoms. The Morgan fingerprint density at radius 1 is 1.00 bits per heavy atom. The van der Waals surface area contributed by atoms with Crippen molar-refractivity contribution in [2.45, 2.75) is 24.7 Å². The van der Waals surface area contributed by atoms with Gasteiger partial charge in [-0.1, -0.05) is 30.3 Å².